The molecule has 0 saturated heterocycles. The van der Waals surface area contributed by atoms with Crippen LogP contribution in [0.5, 0.6) is 0 Å². The minimum absolute atomic E-state index is 0.0106. The third kappa shape index (κ3) is 4.63. The van der Waals surface area contributed by atoms with Crippen LogP contribution in [0.15, 0.2) is 170 Å². The zero-order valence-electron chi connectivity index (χ0n) is 35.2. The van der Waals surface area contributed by atoms with E-state index >= 15 is 0 Å². The minimum Gasteiger partial charge on any atom is -0.277 e. The molecule has 0 fully saturated rings. The molecule has 4 nitrogen and oxygen atoms in total. The molecule has 0 aliphatic carbocycles. The summed E-state index contributed by atoms with van der Waals surface area (Å²) in [5.74, 6) is 0.604. The van der Waals surface area contributed by atoms with Crippen LogP contribution in [0.1, 0.15) is 12.3 Å². The molecule has 5 heteroatoms. The molecule has 0 bridgehead atoms. The van der Waals surface area contributed by atoms with Gasteiger partial charge >= 0.3 is 0 Å². The SMILES string of the molecule is [2H]c1c([2H])c([2H])c(-c2cccc3c4c([2H])c([2H])c([2H])c([2H])c4n(-c4nc(-c5cccc(-c6ccccc6)c5)nc(-c5cccc6sc7ccccc7c56)n4)c23)c([2H])c1[2H]. The van der Waals surface area contributed by atoms with Crippen molar-refractivity contribution in [3.8, 4) is 51.0 Å². The molecule has 0 aliphatic heterocycles. The van der Waals surface area contributed by atoms with E-state index in [1.165, 1.54) is 4.57 Å². The van der Waals surface area contributed by atoms with Crippen LogP contribution in [0.2, 0.25) is 0 Å². The topological polar surface area (TPSA) is 43.6 Å². The summed E-state index contributed by atoms with van der Waals surface area (Å²) < 4.78 is 82.8. The molecule has 0 aliphatic rings. The van der Waals surface area contributed by atoms with Crippen molar-refractivity contribution < 1.29 is 12.3 Å². The molecule has 0 spiro atoms. The Morgan fingerprint density at radius 2 is 1.16 bits per heavy atom. The van der Waals surface area contributed by atoms with Crippen molar-refractivity contribution in [1.82, 2.24) is 19.5 Å². The lowest BCUT2D eigenvalue weighted by Gasteiger charge is -2.14. The molecule has 0 atom stereocenters. The minimum atomic E-state index is -0.546. The fourth-order valence-electron chi connectivity index (χ4n) is 6.70. The van der Waals surface area contributed by atoms with Crippen molar-refractivity contribution in [3.63, 3.8) is 0 Å². The summed E-state index contributed by atoms with van der Waals surface area (Å²) in [5, 5.41) is 2.49. The fourth-order valence-corrected chi connectivity index (χ4v) is 7.83. The van der Waals surface area contributed by atoms with Gasteiger partial charge in [-0.05, 0) is 40.9 Å². The number of rotatable bonds is 5. The number of hydrogen-bond donors (Lipinski definition) is 0. The zero-order chi connectivity index (χ0) is 40.9. The Bertz CT molecular complexity index is 3370. The highest BCUT2D eigenvalue weighted by Crippen LogP contribution is 2.41. The summed E-state index contributed by atoms with van der Waals surface area (Å²) in [4.78, 5) is 15.3. The van der Waals surface area contributed by atoms with E-state index in [1.807, 2.05) is 84.9 Å². The third-order valence-electron chi connectivity index (χ3n) is 8.88. The monoisotopic (exact) mass is 665 g/mol. The molecule has 3 aromatic heterocycles. The van der Waals surface area contributed by atoms with E-state index in [-0.39, 0.29) is 51.4 Å². The van der Waals surface area contributed by atoms with Crippen molar-refractivity contribution in [2.75, 3.05) is 0 Å². The van der Waals surface area contributed by atoms with E-state index in [4.69, 9.17) is 25.9 Å². The summed E-state index contributed by atoms with van der Waals surface area (Å²) in [6, 6.07) is 32.6. The van der Waals surface area contributed by atoms with Crippen LogP contribution in [0.4, 0.5) is 0 Å². The highest BCUT2D eigenvalue weighted by atomic mass is 32.1. The lowest BCUT2D eigenvalue weighted by molar-refractivity contribution is 0.955. The van der Waals surface area contributed by atoms with Crippen LogP contribution in [0.3, 0.4) is 0 Å². The number of fused-ring (bicyclic) bond motifs is 6. The molecule has 0 saturated carbocycles. The van der Waals surface area contributed by atoms with Crippen molar-refractivity contribution >= 4 is 53.3 Å². The first-order valence-electron chi connectivity index (χ1n) is 20.5. The van der Waals surface area contributed by atoms with Crippen LogP contribution in [-0.2, 0) is 0 Å². The molecule has 10 aromatic rings. The average molecular weight is 666 g/mol. The molecule has 0 unspecified atom stereocenters. The van der Waals surface area contributed by atoms with Gasteiger partial charge in [0.15, 0.2) is 11.6 Å². The van der Waals surface area contributed by atoms with Crippen LogP contribution in [-0.4, -0.2) is 19.5 Å². The van der Waals surface area contributed by atoms with Gasteiger partial charge in [0, 0.05) is 47.6 Å². The third-order valence-corrected chi connectivity index (χ3v) is 10.0. The molecule has 50 heavy (non-hydrogen) atoms. The maximum Gasteiger partial charge on any atom is 0.238 e. The summed E-state index contributed by atoms with van der Waals surface area (Å²) in [5.41, 5.74) is 3.70. The van der Waals surface area contributed by atoms with Gasteiger partial charge in [0.05, 0.1) is 23.4 Å². The van der Waals surface area contributed by atoms with Crippen molar-refractivity contribution in [3.05, 3.63) is 170 Å². The van der Waals surface area contributed by atoms with Crippen molar-refractivity contribution in [2.45, 2.75) is 0 Å². The number of hydrogen-bond acceptors (Lipinski definition) is 4. The predicted molar refractivity (Wildman–Crippen MR) is 209 cm³/mol. The molecule has 3 heterocycles. The molecule has 0 amide bonds. The Kier molecular flexibility index (Phi) is 4.84. The maximum atomic E-state index is 9.30. The number of benzene rings is 7. The normalized spacial score (nSPS) is 14.1. The number of thiophene rings is 1. The Hall–Kier alpha value is -6.43. The van der Waals surface area contributed by atoms with Crippen LogP contribution < -0.4 is 0 Å². The number of aromatic nitrogens is 4. The number of para-hydroxylation sites is 2. The van der Waals surface area contributed by atoms with Crippen LogP contribution in [0, 0.1) is 0 Å². The summed E-state index contributed by atoms with van der Waals surface area (Å²) in [6.07, 6.45) is 0. The van der Waals surface area contributed by atoms with Gasteiger partial charge in [0.1, 0.15) is 0 Å². The van der Waals surface area contributed by atoms with E-state index in [2.05, 4.69) is 12.1 Å². The molecular weight excluding hydrogens is 629 g/mol. The summed E-state index contributed by atoms with van der Waals surface area (Å²) in [6.45, 7) is 0. The summed E-state index contributed by atoms with van der Waals surface area (Å²) in [7, 11) is 0. The largest absolute Gasteiger partial charge is 0.277 e. The number of nitrogens with zero attached hydrogens (tertiary/aromatic N) is 4. The van der Waals surface area contributed by atoms with Gasteiger partial charge in [-0.15, -0.1) is 11.3 Å². The summed E-state index contributed by atoms with van der Waals surface area (Å²) >= 11 is 1.65. The van der Waals surface area contributed by atoms with Gasteiger partial charge in [0.25, 0.3) is 0 Å². The van der Waals surface area contributed by atoms with Crippen molar-refractivity contribution in [2.24, 2.45) is 0 Å². The molecule has 0 radical (unpaired) electrons. The lowest BCUT2D eigenvalue weighted by atomic mass is 10.0. The molecular formula is C45H28N4S. The Morgan fingerprint density at radius 3 is 2.08 bits per heavy atom. The molecule has 7 aromatic carbocycles. The van der Waals surface area contributed by atoms with Gasteiger partial charge < -0.3 is 0 Å². The van der Waals surface area contributed by atoms with Crippen LogP contribution in [0.25, 0.3) is 93.0 Å². The predicted octanol–water partition coefficient (Wildman–Crippen LogP) is 12.0. The van der Waals surface area contributed by atoms with Crippen molar-refractivity contribution in [1.29, 1.82) is 0 Å². The van der Waals surface area contributed by atoms with E-state index < -0.39 is 42.3 Å². The first-order valence-corrected chi connectivity index (χ1v) is 16.8. The first-order chi connectivity index (χ1) is 28.5. The molecule has 10 rings (SSSR count). The van der Waals surface area contributed by atoms with Crippen LogP contribution >= 0.6 is 11.3 Å². The van der Waals surface area contributed by atoms with Gasteiger partial charge in [-0.25, -0.2) is 4.98 Å². The van der Waals surface area contributed by atoms with E-state index in [0.717, 1.165) is 36.9 Å². The second kappa shape index (κ2) is 11.6. The Balaban J connectivity index is 1.37. The molecule has 0 N–H and O–H groups in total. The molecule has 234 valence electrons. The smallest absolute Gasteiger partial charge is 0.238 e. The second-order valence-electron chi connectivity index (χ2n) is 11.8. The van der Waals surface area contributed by atoms with Gasteiger partial charge in [-0.1, -0.05) is 145 Å². The standard InChI is InChI=1S/C45H28N4S/c1-3-14-29(15-4-1)31-18-11-19-32(28-31)43-46-44(37-24-13-27-40-41(37)36-21-8-10-26-39(36)50-40)48-45(47-43)49-38-25-9-7-20-34(38)35-23-12-22-33(42(35)49)30-16-5-2-6-17-30/h1-28H/i2D,5D,6D,7D,9D,16D,17D,20D,25D. The Labute approximate surface area is 305 Å². The first kappa shape index (κ1) is 20.8. The van der Waals surface area contributed by atoms with Gasteiger partial charge in [0.2, 0.25) is 5.95 Å². The quantitative estimate of drug-likeness (QED) is 0.184. The van der Waals surface area contributed by atoms with E-state index in [9.17, 15) is 1.37 Å². The highest BCUT2D eigenvalue weighted by molar-refractivity contribution is 7.25. The average Bonchev–Trinajstić information content (AvgIpc) is 3.83. The zero-order valence-corrected chi connectivity index (χ0v) is 27.0. The maximum absolute atomic E-state index is 9.30. The van der Waals surface area contributed by atoms with Gasteiger partial charge in [-0.2, -0.15) is 9.97 Å². The van der Waals surface area contributed by atoms with E-state index in [1.54, 1.807) is 29.5 Å². The lowest BCUT2D eigenvalue weighted by Crippen LogP contribution is -2.07. The fraction of sp³-hybridized carbons (Fsp3) is 0. The second-order valence-corrected chi connectivity index (χ2v) is 12.9. The van der Waals surface area contributed by atoms with E-state index in [0.29, 0.717) is 16.8 Å². The Morgan fingerprint density at radius 1 is 0.480 bits per heavy atom. The highest BCUT2D eigenvalue weighted by Gasteiger charge is 2.21. The van der Waals surface area contributed by atoms with Gasteiger partial charge in [-0.3, -0.25) is 4.57 Å².